The van der Waals surface area contributed by atoms with Gasteiger partial charge in [0.1, 0.15) is 0 Å². The van der Waals surface area contributed by atoms with Crippen LogP contribution in [0.2, 0.25) is 0 Å². The van der Waals surface area contributed by atoms with Crippen molar-refractivity contribution in [1.82, 2.24) is 5.32 Å². The number of nitro benzene ring substituents is 1. The van der Waals surface area contributed by atoms with Crippen molar-refractivity contribution in [2.75, 3.05) is 14.2 Å². The second-order valence-electron chi connectivity index (χ2n) is 4.57. The molecule has 0 unspecified atom stereocenters. The molecular formula is C12H18N2O3. The highest BCUT2D eigenvalue weighted by Crippen LogP contribution is 2.28. The smallest absolute Gasteiger partial charge is 0.311 e. The average molecular weight is 238 g/mol. The molecule has 1 N–H and O–H groups in total. The first-order valence-electron chi connectivity index (χ1n) is 5.40. The van der Waals surface area contributed by atoms with Crippen LogP contribution >= 0.6 is 0 Å². The Morgan fingerprint density at radius 1 is 1.47 bits per heavy atom. The Kier molecular flexibility index (Phi) is 4.07. The average Bonchev–Trinajstić information content (AvgIpc) is 2.28. The lowest BCUT2D eigenvalue weighted by molar-refractivity contribution is -0.385. The molecule has 0 atom stereocenters. The molecular weight excluding hydrogens is 220 g/mol. The van der Waals surface area contributed by atoms with E-state index in [0.29, 0.717) is 12.2 Å². The first kappa shape index (κ1) is 13.4. The van der Waals surface area contributed by atoms with Gasteiger partial charge in [0.25, 0.3) is 0 Å². The maximum atomic E-state index is 10.9. The maximum Gasteiger partial charge on any atom is 0.311 e. The zero-order chi connectivity index (χ0) is 13.1. The molecule has 0 amide bonds. The molecule has 5 nitrogen and oxygen atoms in total. The lowest BCUT2D eigenvalue weighted by Crippen LogP contribution is -2.38. The summed E-state index contributed by atoms with van der Waals surface area (Å²) >= 11 is 0. The fourth-order valence-electron chi connectivity index (χ4n) is 1.59. The maximum absolute atomic E-state index is 10.9. The van der Waals surface area contributed by atoms with E-state index in [0.717, 1.165) is 5.56 Å². The van der Waals surface area contributed by atoms with Gasteiger partial charge in [-0.25, -0.2) is 0 Å². The quantitative estimate of drug-likeness (QED) is 0.630. The first-order valence-corrected chi connectivity index (χ1v) is 5.40. The van der Waals surface area contributed by atoms with Crippen LogP contribution in [0.4, 0.5) is 5.69 Å². The first-order chi connectivity index (χ1) is 7.89. The number of nitrogens with zero attached hydrogens (tertiary/aromatic N) is 1. The van der Waals surface area contributed by atoms with E-state index < -0.39 is 4.92 Å². The van der Waals surface area contributed by atoms with Gasteiger partial charge in [-0.05, 0) is 38.9 Å². The van der Waals surface area contributed by atoms with Crippen molar-refractivity contribution in [3.63, 3.8) is 0 Å². The molecule has 94 valence electrons. The van der Waals surface area contributed by atoms with Crippen LogP contribution in [-0.4, -0.2) is 24.6 Å². The number of likely N-dealkylation sites (N-methyl/N-ethyl adjacent to an activating group) is 1. The molecule has 5 heteroatoms. The molecule has 0 saturated carbocycles. The zero-order valence-corrected chi connectivity index (χ0v) is 10.6. The second-order valence-corrected chi connectivity index (χ2v) is 4.57. The van der Waals surface area contributed by atoms with Crippen LogP contribution in [0.15, 0.2) is 18.2 Å². The summed E-state index contributed by atoms with van der Waals surface area (Å²) in [5, 5.41) is 14.0. The Bertz CT molecular complexity index is 416. The number of rotatable bonds is 5. The number of nitro groups is 1. The van der Waals surface area contributed by atoms with E-state index in [9.17, 15) is 10.1 Å². The van der Waals surface area contributed by atoms with Gasteiger partial charge in [-0.15, -0.1) is 0 Å². The highest BCUT2D eigenvalue weighted by Gasteiger charge is 2.20. The van der Waals surface area contributed by atoms with E-state index in [2.05, 4.69) is 5.32 Å². The van der Waals surface area contributed by atoms with Gasteiger partial charge in [-0.2, -0.15) is 0 Å². The van der Waals surface area contributed by atoms with E-state index in [1.165, 1.54) is 7.11 Å². The van der Waals surface area contributed by atoms with Crippen LogP contribution in [0.25, 0.3) is 0 Å². The van der Waals surface area contributed by atoms with E-state index in [4.69, 9.17) is 4.74 Å². The SMILES string of the molecule is CNC(C)(C)Cc1ccc(OC)c([N+](=O)[O-])c1. The molecule has 0 radical (unpaired) electrons. The van der Waals surface area contributed by atoms with Crippen LogP contribution in [0.1, 0.15) is 19.4 Å². The Morgan fingerprint density at radius 3 is 2.59 bits per heavy atom. The van der Waals surface area contributed by atoms with E-state index in [-0.39, 0.29) is 11.2 Å². The molecule has 0 bridgehead atoms. The Morgan fingerprint density at radius 2 is 2.12 bits per heavy atom. The van der Waals surface area contributed by atoms with Gasteiger partial charge in [0.15, 0.2) is 5.75 Å². The van der Waals surface area contributed by atoms with Gasteiger partial charge in [-0.3, -0.25) is 10.1 Å². The number of hydrogen-bond acceptors (Lipinski definition) is 4. The molecule has 0 aromatic heterocycles. The number of ether oxygens (including phenoxy) is 1. The molecule has 1 aromatic rings. The van der Waals surface area contributed by atoms with Crippen LogP contribution in [0, 0.1) is 10.1 Å². The van der Waals surface area contributed by atoms with E-state index in [1.54, 1.807) is 12.1 Å². The minimum absolute atomic E-state index is 0.0110. The topological polar surface area (TPSA) is 64.4 Å². The van der Waals surface area contributed by atoms with Gasteiger partial charge in [0.2, 0.25) is 0 Å². The molecule has 0 aliphatic carbocycles. The Balaban J connectivity index is 3.04. The van der Waals surface area contributed by atoms with E-state index >= 15 is 0 Å². The lowest BCUT2D eigenvalue weighted by Gasteiger charge is -2.23. The summed E-state index contributed by atoms with van der Waals surface area (Å²) in [4.78, 5) is 10.5. The summed E-state index contributed by atoms with van der Waals surface area (Å²) < 4.78 is 4.96. The summed E-state index contributed by atoms with van der Waals surface area (Å²) in [6, 6.07) is 5.06. The van der Waals surface area contributed by atoms with Crippen molar-refractivity contribution >= 4 is 5.69 Å². The Labute approximate surface area is 101 Å². The summed E-state index contributed by atoms with van der Waals surface area (Å²) in [6.45, 7) is 4.09. The number of hydrogen-bond donors (Lipinski definition) is 1. The standard InChI is InChI=1S/C12H18N2O3/c1-12(2,13-3)8-9-5-6-11(17-4)10(7-9)14(15)16/h5-7,13H,8H2,1-4H3. The van der Waals surface area contributed by atoms with Gasteiger partial charge in [0, 0.05) is 11.6 Å². The van der Waals surface area contributed by atoms with Gasteiger partial charge < -0.3 is 10.1 Å². The van der Waals surface area contributed by atoms with Crippen LogP contribution < -0.4 is 10.1 Å². The van der Waals surface area contributed by atoms with Gasteiger partial charge in [0.05, 0.1) is 12.0 Å². The largest absolute Gasteiger partial charge is 0.490 e. The Hall–Kier alpha value is -1.62. The van der Waals surface area contributed by atoms with Crippen molar-refractivity contribution in [1.29, 1.82) is 0 Å². The highest BCUT2D eigenvalue weighted by molar-refractivity contribution is 5.48. The molecule has 0 saturated heterocycles. The minimum atomic E-state index is -0.422. The fourth-order valence-corrected chi connectivity index (χ4v) is 1.59. The van der Waals surface area contributed by atoms with Crippen molar-refractivity contribution in [2.45, 2.75) is 25.8 Å². The van der Waals surface area contributed by atoms with Crippen LogP contribution in [-0.2, 0) is 6.42 Å². The summed E-state index contributed by atoms with van der Waals surface area (Å²) in [6.07, 6.45) is 0.717. The molecule has 0 aliphatic heterocycles. The molecule has 0 aliphatic rings. The van der Waals surface area contributed by atoms with E-state index in [1.807, 2.05) is 27.0 Å². The van der Waals surface area contributed by atoms with Crippen molar-refractivity contribution in [3.8, 4) is 5.75 Å². The molecule has 1 rings (SSSR count). The zero-order valence-electron chi connectivity index (χ0n) is 10.6. The third-order valence-electron chi connectivity index (χ3n) is 2.76. The van der Waals surface area contributed by atoms with Crippen LogP contribution in [0.5, 0.6) is 5.75 Å². The monoisotopic (exact) mass is 238 g/mol. The molecule has 17 heavy (non-hydrogen) atoms. The summed E-state index contributed by atoms with van der Waals surface area (Å²) in [5.74, 6) is 0.293. The van der Waals surface area contributed by atoms with Crippen molar-refractivity contribution in [2.24, 2.45) is 0 Å². The highest BCUT2D eigenvalue weighted by atomic mass is 16.6. The van der Waals surface area contributed by atoms with Crippen molar-refractivity contribution < 1.29 is 9.66 Å². The fraction of sp³-hybridized carbons (Fsp3) is 0.500. The minimum Gasteiger partial charge on any atom is -0.490 e. The number of nitrogens with one attached hydrogen (secondary N) is 1. The van der Waals surface area contributed by atoms with Gasteiger partial charge in [-0.1, -0.05) is 6.07 Å². The normalized spacial score (nSPS) is 11.3. The third-order valence-corrected chi connectivity index (χ3v) is 2.76. The summed E-state index contributed by atoms with van der Waals surface area (Å²) in [7, 11) is 3.30. The lowest BCUT2D eigenvalue weighted by atomic mass is 9.95. The van der Waals surface area contributed by atoms with Crippen molar-refractivity contribution in [3.05, 3.63) is 33.9 Å². The molecule has 0 heterocycles. The third kappa shape index (κ3) is 3.42. The molecule has 1 aromatic carbocycles. The molecule has 0 spiro atoms. The predicted molar refractivity (Wildman–Crippen MR) is 66.5 cm³/mol. The predicted octanol–water partition coefficient (Wildman–Crippen LogP) is 2.14. The summed E-state index contributed by atoms with van der Waals surface area (Å²) in [5.41, 5.74) is 0.830. The molecule has 0 fully saturated rings. The van der Waals surface area contributed by atoms with Crippen LogP contribution in [0.3, 0.4) is 0 Å². The number of methoxy groups -OCH3 is 1. The number of benzene rings is 1. The second kappa shape index (κ2) is 5.14. The van der Waals surface area contributed by atoms with Gasteiger partial charge >= 0.3 is 5.69 Å².